The van der Waals surface area contributed by atoms with Crippen LogP contribution in [-0.4, -0.2) is 56.1 Å². The molecule has 1 unspecified atom stereocenters. The number of nitrogens with two attached hydrogens (primary N) is 1. The van der Waals surface area contributed by atoms with Gasteiger partial charge in [0.15, 0.2) is 0 Å². The minimum Gasteiger partial charge on any atom is -0.385 e. The Morgan fingerprint density at radius 2 is 2.00 bits per heavy atom. The van der Waals surface area contributed by atoms with E-state index in [1.54, 1.807) is 21.1 Å². The molecule has 0 saturated heterocycles. The number of methoxy groups -OCH3 is 1. The molecule has 0 spiro atoms. The van der Waals surface area contributed by atoms with Crippen molar-refractivity contribution < 1.29 is 14.3 Å². The van der Waals surface area contributed by atoms with Gasteiger partial charge in [-0.05, 0) is 19.8 Å². The van der Waals surface area contributed by atoms with Gasteiger partial charge >= 0.3 is 0 Å². The molecule has 20 heavy (non-hydrogen) atoms. The van der Waals surface area contributed by atoms with Crippen LogP contribution in [0.15, 0.2) is 0 Å². The van der Waals surface area contributed by atoms with E-state index in [2.05, 4.69) is 5.32 Å². The fourth-order valence-electron chi connectivity index (χ4n) is 1.85. The van der Waals surface area contributed by atoms with Gasteiger partial charge in [-0.2, -0.15) is 0 Å². The summed E-state index contributed by atoms with van der Waals surface area (Å²) in [6, 6.07) is 0. The highest BCUT2D eigenvalue weighted by Gasteiger charge is 2.30. The van der Waals surface area contributed by atoms with Gasteiger partial charge in [-0.3, -0.25) is 9.59 Å². The van der Waals surface area contributed by atoms with E-state index in [-0.39, 0.29) is 30.8 Å². The molecule has 0 aromatic rings. The SMILES string of the molecule is CCCC(C)(N)C(=O)N(C)CC(=O)NCCCOC.Cl. The van der Waals surface area contributed by atoms with Crippen molar-refractivity contribution >= 4 is 24.2 Å². The van der Waals surface area contributed by atoms with Crippen LogP contribution in [-0.2, 0) is 14.3 Å². The lowest BCUT2D eigenvalue weighted by Gasteiger charge is -2.28. The minimum atomic E-state index is -0.903. The van der Waals surface area contributed by atoms with Gasteiger partial charge in [0.1, 0.15) is 0 Å². The van der Waals surface area contributed by atoms with Crippen LogP contribution in [0.25, 0.3) is 0 Å². The van der Waals surface area contributed by atoms with Crippen molar-refractivity contribution in [3.63, 3.8) is 0 Å². The molecule has 6 nitrogen and oxygen atoms in total. The molecule has 7 heteroatoms. The van der Waals surface area contributed by atoms with Crippen LogP contribution < -0.4 is 11.1 Å². The lowest BCUT2D eigenvalue weighted by molar-refractivity contribution is -0.138. The van der Waals surface area contributed by atoms with E-state index in [0.29, 0.717) is 19.6 Å². The normalized spacial score (nSPS) is 13.1. The number of nitrogens with zero attached hydrogens (tertiary/aromatic N) is 1. The van der Waals surface area contributed by atoms with Crippen LogP contribution in [0.2, 0.25) is 0 Å². The Morgan fingerprint density at radius 3 is 2.50 bits per heavy atom. The lowest BCUT2D eigenvalue weighted by atomic mass is 9.96. The van der Waals surface area contributed by atoms with Crippen molar-refractivity contribution in [3.05, 3.63) is 0 Å². The van der Waals surface area contributed by atoms with E-state index >= 15 is 0 Å². The highest BCUT2D eigenvalue weighted by molar-refractivity contribution is 5.89. The molecule has 0 aliphatic heterocycles. The Hall–Kier alpha value is -0.850. The molecule has 0 radical (unpaired) electrons. The third-order valence-electron chi connectivity index (χ3n) is 2.83. The number of amides is 2. The van der Waals surface area contributed by atoms with Gasteiger partial charge in [-0.1, -0.05) is 13.3 Å². The first kappa shape index (κ1) is 21.4. The van der Waals surface area contributed by atoms with Crippen LogP contribution in [0.5, 0.6) is 0 Å². The first-order valence-electron chi connectivity index (χ1n) is 6.65. The average molecular weight is 310 g/mol. The van der Waals surface area contributed by atoms with Gasteiger partial charge in [-0.15, -0.1) is 12.4 Å². The summed E-state index contributed by atoms with van der Waals surface area (Å²) in [5.74, 6) is -0.388. The zero-order chi connectivity index (χ0) is 14.9. The molecular formula is C13H28ClN3O3. The maximum atomic E-state index is 12.1. The second-order valence-electron chi connectivity index (χ2n) is 5.02. The third kappa shape index (κ3) is 8.35. The molecule has 1 atom stereocenters. The molecule has 0 heterocycles. The first-order valence-corrected chi connectivity index (χ1v) is 6.65. The molecular weight excluding hydrogens is 282 g/mol. The molecule has 0 aromatic heterocycles. The summed E-state index contributed by atoms with van der Waals surface area (Å²) >= 11 is 0. The van der Waals surface area contributed by atoms with E-state index in [4.69, 9.17) is 10.5 Å². The van der Waals surface area contributed by atoms with E-state index < -0.39 is 5.54 Å². The van der Waals surface area contributed by atoms with Crippen LogP contribution in [0, 0.1) is 0 Å². The highest BCUT2D eigenvalue weighted by Crippen LogP contribution is 2.11. The van der Waals surface area contributed by atoms with Crippen LogP contribution in [0.4, 0.5) is 0 Å². The molecule has 3 N–H and O–H groups in total. The van der Waals surface area contributed by atoms with E-state index in [9.17, 15) is 9.59 Å². The van der Waals surface area contributed by atoms with Crippen LogP contribution in [0.1, 0.15) is 33.1 Å². The molecule has 0 bridgehead atoms. The van der Waals surface area contributed by atoms with Crippen molar-refractivity contribution in [1.29, 1.82) is 0 Å². The number of carbonyl (C=O) groups is 2. The summed E-state index contributed by atoms with van der Waals surface area (Å²) in [7, 11) is 3.21. The lowest BCUT2D eigenvalue weighted by Crippen LogP contribution is -2.53. The second-order valence-corrected chi connectivity index (χ2v) is 5.02. The Kier molecular flexibility index (Phi) is 11.7. The monoisotopic (exact) mass is 309 g/mol. The van der Waals surface area contributed by atoms with Crippen molar-refractivity contribution in [1.82, 2.24) is 10.2 Å². The Bertz CT molecular complexity index is 299. The van der Waals surface area contributed by atoms with Crippen molar-refractivity contribution in [2.45, 2.75) is 38.6 Å². The number of carbonyl (C=O) groups excluding carboxylic acids is 2. The number of ether oxygens (including phenoxy) is 1. The van der Waals surface area contributed by atoms with Crippen LogP contribution in [0.3, 0.4) is 0 Å². The quantitative estimate of drug-likeness (QED) is 0.609. The minimum absolute atomic E-state index is 0. The summed E-state index contributed by atoms with van der Waals surface area (Å²) < 4.78 is 4.88. The molecule has 2 amide bonds. The standard InChI is InChI=1S/C13H27N3O3.ClH/c1-5-7-13(2,14)12(18)16(3)10-11(17)15-8-6-9-19-4;/h5-10,14H2,1-4H3,(H,15,17);1H. The Balaban J connectivity index is 0. The predicted octanol–water partition coefficient (Wildman–Crippen LogP) is 0.537. The van der Waals surface area contributed by atoms with Gasteiger partial charge in [0.2, 0.25) is 11.8 Å². The molecule has 0 aliphatic carbocycles. The predicted molar refractivity (Wildman–Crippen MR) is 81.9 cm³/mol. The van der Waals surface area contributed by atoms with E-state index in [1.165, 1.54) is 4.90 Å². The summed E-state index contributed by atoms with van der Waals surface area (Å²) in [6.07, 6.45) is 2.19. The van der Waals surface area contributed by atoms with Crippen molar-refractivity contribution in [2.75, 3.05) is 33.9 Å². The zero-order valence-electron chi connectivity index (χ0n) is 12.9. The van der Waals surface area contributed by atoms with Gasteiger partial charge in [0.05, 0.1) is 12.1 Å². The molecule has 120 valence electrons. The van der Waals surface area contributed by atoms with E-state index in [0.717, 1.165) is 12.8 Å². The number of nitrogens with one attached hydrogen (secondary N) is 1. The van der Waals surface area contributed by atoms with Crippen LogP contribution >= 0.6 is 12.4 Å². The van der Waals surface area contributed by atoms with Gasteiger partial charge in [0, 0.05) is 27.3 Å². The summed E-state index contributed by atoms with van der Waals surface area (Å²) in [5, 5.41) is 2.73. The summed E-state index contributed by atoms with van der Waals surface area (Å²) in [6.45, 7) is 4.85. The Morgan fingerprint density at radius 1 is 1.40 bits per heavy atom. The van der Waals surface area contributed by atoms with Crippen molar-refractivity contribution in [2.24, 2.45) is 5.73 Å². The molecule has 0 saturated carbocycles. The number of likely N-dealkylation sites (N-methyl/N-ethyl adjacent to an activating group) is 1. The average Bonchev–Trinajstić information content (AvgIpc) is 2.33. The summed E-state index contributed by atoms with van der Waals surface area (Å²) in [5.41, 5.74) is 5.04. The molecule has 0 aliphatic rings. The van der Waals surface area contributed by atoms with Gasteiger partial charge in [-0.25, -0.2) is 0 Å². The Labute approximate surface area is 127 Å². The smallest absolute Gasteiger partial charge is 0.242 e. The third-order valence-corrected chi connectivity index (χ3v) is 2.83. The number of rotatable bonds is 9. The van der Waals surface area contributed by atoms with Gasteiger partial charge < -0.3 is 20.7 Å². The topological polar surface area (TPSA) is 84.7 Å². The van der Waals surface area contributed by atoms with Crippen molar-refractivity contribution in [3.8, 4) is 0 Å². The zero-order valence-corrected chi connectivity index (χ0v) is 13.7. The largest absolute Gasteiger partial charge is 0.385 e. The number of hydrogen-bond acceptors (Lipinski definition) is 4. The fraction of sp³-hybridized carbons (Fsp3) is 0.846. The molecule has 0 aromatic carbocycles. The molecule has 0 rings (SSSR count). The van der Waals surface area contributed by atoms with Gasteiger partial charge in [0.25, 0.3) is 0 Å². The second kappa shape index (κ2) is 10.9. The number of hydrogen-bond donors (Lipinski definition) is 2. The van der Waals surface area contributed by atoms with E-state index in [1.807, 2.05) is 6.92 Å². The molecule has 0 fully saturated rings. The highest BCUT2D eigenvalue weighted by atomic mass is 35.5. The fourth-order valence-corrected chi connectivity index (χ4v) is 1.85. The maximum Gasteiger partial charge on any atom is 0.242 e. The first-order chi connectivity index (χ1) is 8.85. The number of halogens is 1. The maximum absolute atomic E-state index is 12.1. The summed E-state index contributed by atoms with van der Waals surface area (Å²) in [4.78, 5) is 25.1.